The zero-order valence-corrected chi connectivity index (χ0v) is 11.0. The molecule has 3 rings (SSSR count). The molecule has 1 unspecified atom stereocenters. The van der Waals surface area contributed by atoms with E-state index in [1.165, 1.54) is 5.56 Å². The van der Waals surface area contributed by atoms with Gasteiger partial charge < -0.3 is 5.73 Å². The molecule has 0 saturated carbocycles. The van der Waals surface area contributed by atoms with E-state index in [2.05, 4.69) is 4.98 Å². The first-order valence-electron chi connectivity index (χ1n) is 6.20. The molecule has 0 spiro atoms. The third kappa shape index (κ3) is 2.10. The Labute approximate surface area is 116 Å². The summed E-state index contributed by atoms with van der Waals surface area (Å²) in [5, 5.41) is 0.421. The number of carbonyl (C=O) groups is 1. The number of pyridine rings is 1. The quantitative estimate of drug-likeness (QED) is 0.674. The molecular formula is C15H13ClN2O. The molecule has 96 valence electrons. The molecule has 1 atom stereocenters. The fourth-order valence-electron chi connectivity index (χ4n) is 2.55. The summed E-state index contributed by atoms with van der Waals surface area (Å²) in [5.41, 5.74) is 8.82. The lowest BCUT2D eigenvalue weighted by molar-refractivity contribution is 0.0958. The van der Waals surface area contributed by atoms with Crippen LogP contribution in [-0.4, -0.2) is 10.8 Å². The average Bonchev–Trinajstić information content (AvgIpc) is 2.85. The number of anilines is 1. The first-order valence-corrected chi connectivity index (χ1v) is 6.57. The number of hydrogen-bond acceptors (Lipinski definition) is 3. The number of rotatable bonds is 2. The molecule has 1 heterocycles. The van der Waals surface area contributed by atoms with Crippen molar-refractivity contribution in [2.45, 2.75) is 18.8 Å². The van der Waals surface area contributed by atoms with E-state index in [0.717, 1.165) is 18.5 Å². The first kappa shape index (κ1) is 12.2. The topological polar surface area (TPSA) is 56.0 Å². The van der Waals surface area contributed by atoms with Crippen molar-refractivity contribution in [3.63, 3.8) is 0 Å². The van der Waals surface area contributed by atoms with Crippen molar-refractivity contribution < 1.29 is 4.79 Å². The number of aromatic nitrogens is 1. The van der Waals surface area contributed by atoms with Gasteiger partial charge in [0.1, 0.15) is 0 Å². The van der Waals surface area contributed by atoms with Crippen molar-refractivity contribution in [1.29, 1.82) is 0 Å². The van der Waals surface area contributed by atoms with Crippen molar-refractivity contribution >= 4 is 23.1 Å². The van der Waals surface area contributed by atoms with Gasteiger partial charge in [-0.1, -0.05) is 17.7 Å². The molecular weight excluding hydrogens is 260 g/mol. The first-order chi connectivity index (χ1) is 9.16. The van der Waals surface area contributed by atoms with Gasteiger partial charge in [0.15, 0.2) is 5.78 Å². The molecule has 0 amide bonds. The van der Waals surface area contributed by atoms with E-state index in [9.17, 15) is 4.79 Å². The van der Waals surface area contributed by atoms with Gasteiger partial charge in [-0.15, -0.1) is 0 Å². The van der Waals surface area contributed by atoms with Crippen LogP contribution < -0.4 is 5.73 Å². The van der Waals surface area contributed by atoms with Crippen LogP contribution in [0.3, 0.4) is 0 Å². The van der Waals surface area contributed by atoms with Crippen molar-refractivity contribution in [3.8, 4) is 0 Å². The minimum atomic E-state index is -0.157. The predicted octanol–water partition coefficient (Wildman–Crippen LogP) is 3.23. The molecule has 0 bridgehead atoms. The molecule has 2 aromatic rings. The molecule has 1 aromatic heterocycles. The maximum atomic E-state index is 12.5. The molecule has 3 nitrogen and oxygen atoms in total. The molecule has 2 N–H and O–H groups in total. The number of benzene rings is 1. The zero-order valence-electron chi connectivity index (χ0n) is 10.3. The van der Waals surface area contributed by atoms with Crippen molar-refractivity contribution in [2.75, 3.05) is 5.73 Å². The Morgan fingerprint density at radius 1 is 1.37 bits per heavy atom. The van der Waals surface area contributed by atoms with Crippen LogP contribution in [-0.2, 0) is 6.42 Å². The highest BCUT2D eigenvalue weighted by Gasteiger charge is 2.30. The lowest BCUT2D eigenvalue weighted by Crippen LogP contribution is -2.11. The van der Waals surface area contributed by atoms with Crippen LogP contribution in [0.4, 0.5) is 5.69 Å². The van der Waals surface area contributed by atoms with E-state index in [0.29, 0.717) is 16.3 Å². The Morgan fingerprint density at radius 3 is 3.00 bits per heavy atom. The number of nitrogen functional groups attached to an aromatic ring is 1. The molecule has 0 radical (unpaired) electrons. The highest BCUT2D eigenvalue weighted by atomic mass is 35.5. The van der Waals surface area contributed by atoms with Gasteiger partial charge in [-0.05, 0) is 42.7 Å². The zero-order chi connectivity index (χ0) is 13.4. The van der Waals surface area contributed by atoms with Crippen molar-refractivity contribution in [2.24, 2.45) is 0 Å². The maximum absolute atomic E-state index is 12.5. The summed E-state index contributed by atoms with van der Waals surface area (Å²) in [6.07, 6.45) is 3.45. The number of nitrogens with zero attached hydrogens (tertiary/aromatic N) is 1. The minimum Gasteiger partial charge on any atom is -0.398 e. The Balaban J connectivity index is 1.95. The Hall–Kier alpha value is -1.87. The summed E-state index contributed by atoms with van der Waals surface area (Å²) in [4.78, 5) is 16.9. The van der Waals surface area contributed by atoms with E-state index in [4.69, 9.17) is 17.3 Å². The second-order valence-corrected chi connectivity index (χ2v) is 5.15. The number of ketones is 1. The van der Waals surface area contributed by atoms with E-state index < -0.39 is 0 Å². The molecule has 1 aliphatic rings. The molecule has 0 saturated heterocycles. The smallest absolute Gasteiger partial charge is 0.171 e. The van der Waals surface area contributed by atoms with Crippen LogP contribution >= 0.6 is 11.6 Å². The van der Waals surface area contributed by atoms with Crippen LogP contribution in [0.1, 0.15) is 34.0 Å². The SMILES string of the molecule is Nc1ccc(C(=O)C2CCc3cccnc32)cc1Cl. The van der Waals surface area contributed by atoms with Gasteiger partial charge in [-0.25, -0.2) is 0 Å². The number of carbonyl (C=O) groups excluding carboxylic acids is 1. The fraction of sp³-hybridized carbons (Fsp3) is 0.200. The lowest BCUT2D eigenvalue weighted by Gasteiger charge is -2.10. The lowest BCUT2D eigenvalue weighted by atomic mass is 9.95. The van der Waals surface area contributed by atoms with E-state index >= 15 is 0 Å². The summed E-state index contributed by atoms with van der Waals surface area (Å²) in [7, 11) is 0. The van der Waals surface area contributed by atoms with E-state index in [-0.39, 0.29) is 11.7 Å². The number of Topliss-reactive ketones (excluding diaryl/α,β-unsaturated/α-hetero) is 1. The summed E-state index contributed by atoms with van der Waals surface area (Å²) in [5.74, 6) is -0.0877. The van der Waals surface area contributed by atoms with Crippen molar-refractivity contribution in [1.82, 2.24) is 4.98 Å². The number of fused-ring (bicyclic) bond motifs is 1. The largest absolute Gasteiger partial charge is 0.398 e. The number of aryl methyl sites for hydroxylation is 1. The van der Waals surface area contributed by atoms with Gasteiger partial charge in [0.2, 0.25) is 0 Å². The Morgan fingerprint density at radius 2 is 2.21 bits per heavy atom. The van der Waals surface area contributed by atoms with Crippen LogP contribution in [0, 0.1) is 0 Å². The standard InChI is InChI=1S/C15H13ClN2O/c16-12-8-10(4-6-13(12)17)15(19)11-5-3-9-2-1-7-18-14(9)11/h1-2,4,6-8,11H,3,5,17H2. The third-order valence-corrected chi connectivity index (χ3v) is 3.89. The van der Waals surface area contributed by atoms with E-state index in [1.807, 2.05) is 12.1 Å². The third-order valence-electron chi connectivity index (χ3n) is 3.56. The highest BCUT2D eigenvalue weighted by molar-refractivity contribution is 6.33. The predicted molar refractivity (Wildman–Crippen MR) is 75.5 cm³/mol. The molecule has 4 heteroatoms. The number of halogens is 1. The van der Waals surface area contributed by atoms with E-state index in [1.54, 1.807) is 24.4 Å². The fourth-order valence-corrected chi connectivity index (χ4v) is 2.73. The average molecular weight is 273 g/mol. The molecule has 0 aliphatic heterocycles. The highest BCUT2D eigenvalue weighted by Crippen LogP contribution is 2.34. The monoisotopic (exact) mass is 272 g/mol. The van der Waals surface area contributed by atoms with Gasteiger partial charge >= 0.3 is 0 Å². The molecule has 0 fully saturated rings. The summed E-state index contributed by atoms with van der Waals surface area (Å²) in [6.45, 7) is 0. The normalized spacial score (nSPS) is 17.2. The maximum Gasteiger partial charge on any atom is 0.171 e. The van der Waals surface area contributed by atoms with Crippen LogP contribution in [0.15, 0.2) is 36.5 Å². The van der Waals surface area contributed by atoms with Crippen molar-refractivity contribution in [3.05, 3.63) is 58.4 Å². The summed E-state index contributed by atoms with van der Waals surface area (Å²) < 4.78 is 0. The summed E-state index contributed by atoms with van der Waals surface area (Å²) in [6, 6.07) is 8.98. The van der Waals surface area contributed by atoms with Gasteiger partial charge in [-0.2, -0.15) is 0 Å². The Kier molecular flexibility index (Phi) is 2.99. The number of nitrogens with two attached hydrogens (primary N) is 1. The van der Waals surface area contributed by atoms with Crippen LogP contribution in [0.5, 0.6) is 0 Å². The minimum absolute atomic E-state index is 0.0688. The van der Waals surface area contributed by atoms with Crippen LogP contribution in [0.2, 0.25) is 5.02 Å². The van der Waals surface area contributed by atoms with Gasteiger partial charge in [0.05, 0.1) is 22.3 Å². The molecule has 19 heavy (non-hydrogen) atoms. The second-order valence-electron chi connectivity index (χ2n) is 4.74. The molecule has 1 aliphatic carbocycles. The van der Waals surface area contributed by atoms with Gasteiger partial charge in [-0.3, -0.25) is 9.78 Å². The van der Waals surface area contributed by atoms with Crippen LogP contribution in [0.25, 0.3) is 0 Å². The number of hydrogen-bond donors (Lipinski definition) is 1. The van der Waals surface area contributed by atoms with Gasteiger partial charge in [0.25, 0.3) is 0 Å². The Bertz CT molecular complexity index is 654. The van der Waals surface area contributed by atoms with Gasteiger partial charge in [0, 0.05) is 11.8 Å². The summed E-state index contributed by atoms with van der Waals surface area (Å²) >= 11 is 5.97. The molecule has 1 aromatic carbocycles. The second kappa shape index (κ2) is 4.67.